The van der Waals surface area contributed by atoms with Gasteiger partial charge in [0, 0.05) is 12.8 Å². The first-order valence-corrected chi connectivity index (χ1v) is 8.96. The Labute approximate surface area is 166 Å². The summed E-state index contributed by atoms with van der Waals surface area (Å²) in [7, 11) is 1.56. The number of rotatable bonds is 8. The van der Waals surface area contributed by atoms with Gasteiger partial charge in [0.15, 0.2) is 0 Å². The number of carbonyl (C=O) groups is 4. The van der Waals surface area contributed by atoms with E-state index < -0.39 is 23.8 Å². The molecule has 3 rings (SSSR count). The van der Waals surface area contributed by atoms with Crippen molar-refractivity contribution in [2.24, 2.45) is 0 Å². The molecule has 2 aromatic rings. The summed E-state index contributed by atoms with van der Waals surface area (Å²) in [5, 5.41) is 0.453. The number of carbonyl (C=O) groups excluding carboxylic acids is 4. The van der Waals surface area contributed by atoms with Crippen LogP contribution in [0.2, 0.25) is 0 Å². The molecule has 0 atom stereocenters. The summed E-state index contributed by atoms with van der Waals surface area (Å²) in [5.74, 6) is -1.90. The molecule has 0 spiro atoms. The molecule has 2 amide bonds. The fourth-order valence-corrected chi connectivity index (χ4v) is 2.73. The van der Waals surface area contributed by atoms with Crippen LogP contribution in [-0.2, 0) is 25.8 Å². The van der Waals surface area contributed by atoms with Crippen molar-refractivity contribution in [1.29, 1.82) is 0 Å². The van der Waals surface area contributed by atoms with Crippen LogP contribution in [0.3, 0.4) is 0 Å². The van der Waals surface area contributed by atoms with Crippen molar-refractivity contribution in [3.8, 4) is 5.75 Å². The van der Waals surface area contributed by atoms with Gasteiger partial charge >= 0.3 is 11.9 Å². The number of amides is 2. The molecule has 0 saturated carbocycles. The van der Waals surface area contributed by atoms with Crippen molar-refractivity contribution in [2.45, 2.75) is 25.9 Å². The molecule has 1 heterocycles. The summed E-state index contributed by atoms with van der Waals surface area (Å²) in [4.78, 5) is 52.9. The van der Waals surface area contributed by atoms with Gasteiger partial charge in [-0.05, 0) is 36.2 Å². The first kappa shape index (κ1) is 20.1. The van der Waals surface area contributed by atoms with E-state index >= 15 is 0 Å². The third kappa shape index (κ3) is 4.78. The van der Waals surface area contributed by atoms with Crippen LogP contribution in [0.4, 0.5) is 0 Å². The summed E-state index contributed by atoms with van der Waals surface area (Å²) in [6.45, 7) is 0.113. The van der Waals surface area contributed by atoms with Crippen LogP contribution in [0, 0.1) is 0 Å². The lowest BCUT2D eigenvalue weighted by molar-refractivity contribution is -0.168. The average molecular weight is 397 g/mol. The molecule has 150 valence electrons. The van der Waals surface area contributed by atoms with Crippen molar-refractivity contribution in [3.63, 3.8) is 0 Å². The van der Waals surface area contributed by atoms with Gasteiger partial charge in [0.2, 0.25) is 0 Å². The molecule has 29 heavy (non-hydrogen) atoms. The minimum atomic E-state index is -0.775. The molecule has 0 aliphatic carbocycles. The molecule has 0 fully saturated rings. The Balaban J connectivity index is 1.39. The summed E-state index contributed by atoms with van der Waals surface area (Å²) in [6.07, 6.45) is 0.0435. The number of methoxy groups -OCH3 is 1. The van der Waals surface area contributed by atoms with Crippen LogP contribution in [0.15, 0.2) is 48.5 Å². The Bertz CT molecular complexity index is 901. The first-order chi connectivity index (χ1) is 14.0. The highest BCUT2D eigenvalue weighted by Gasteiger charge is 2.38. The maximum Gasteiger partial charge on any atom is 0.333 e. The van der Waals surface area contributed by atoms with Crippen molar-refractivity contribution in [3.05, 3.63) is 65.2 Å². The molecule has 1 aliphatic heterocycles. The maximum absolute atomic E-state index is 12.1. The quantitative estimate of drug-likeness (QED) is 0.499. The lowest BCUT2D eigenvalue weighted by atomic mass is 10.1. The third-order valence-electron chi connectivity index (χ3n) is 4.27. The highest BCUT2D eigenvalue weighted by molar-refractivity contribution is 6.20. The number of hydrogen-bond donors (Lipinski definition) is 0. The number of benzene rings is 2. The van der Waals surface area contributed by atoms with Crippen molar-refractivity contribution in [1.82, 2.24) is 5.06 Å². The lowest BCUT2D eigenvalue weighted by Gasteiger charge is -2.12. The van der Waals surface area contributed by atoms with Gasteiger partial charge in [-0.25, -0.2) is 4.79 Å². The first-order valence-electron chi connectivity index (χ1n) is 8.96. The van der Waals surface area contributed by atoms with E-state index in [0.29, 0.717) is 10.8 Å². The summed E-state index contributed by atoms with van der Waals surface area (Å²) in [5.41, 5.74) is 1.18. The van der Waals surface area contributed by atoms with E-state index in [1.54, 1.807) is 43.5 Å². The van der Waals surface area contributed by atoms with Crippen LogP contribution in [0.1, 0.15) is 45.5 Å². The van der Waals surface area contributed by atoms with Crippen molar-refractivity contribution in [2.75, 3.05) is 7.11 Å². The Kier molecular flexibility index (Phi) is 6.23. The molecule has 0 N–H and O–H groups in total. The molecule has 0 bridgehead atoms. The van der Waals surface area contributed by atoms with E-state index in [1.807, 2.05) is 0 Å². The van der Waals surface area contributed by atoms with E-state index in [-0.39, 0.29) is 37.0 Å². The van der Waals surface area contributed by atoms with E-state index in [2.05, 4.69) is 0 Å². The molecule has 2 aromatic carbocycles. The fourth-order valence-electron chi connectivity index (χ4n) is 2.73. The number of nitrogens with zero attached hydrogens (tertiary/aromatic N) is 1. The van der Waals surface area contributed by atoms with E-state index in [9.17, 15) is 19.2 Å². The number of hydroxylamine groups is 2. The molecule has 0 unspecified atom stereocenters. The van der Waals surface area contributed by atoms with Crippen molar-refractivity contribution >= 4 is 23.8 Å². The van der Waals surface area contributed by atoms with Gasteiger partial charge < -0.3 is 14.3 Å². The number of esters is 1. The topological polar surface area (TPSA) is 99.2 Å². The average Bonchev–Trinajstić information content (AvgIpc) is 2.98. The van der Waals surface area contributed by atoms with Gasteiger partial charge in [-0.1, -0.05) is 29.3 Å². The van der Waals surface area contributed by atoms with Gasteiger partial charge in [0.1, 0.15) is 12.4 Å². The minimum absolute atomic E-state index is 0.00731. The number of fused-ring (bicyclic) bond motifs is 1. The zero-order chi connectivity index (χ0) is 20.8. The Morgan fingerprint density at radius 2 is 1.45 bits per heavy atom. The normalized spacial score (nSPS) is 12.5. The van der Waals surface area contributed by atoms with Gasteiger partial charge in [-0.15, -0.1) is 0 Å². The smallest absolute Gasteiger partial charge is 0.333 e. The predicted molar refractivity (Wildman–Crippen MR) is 99.7 cm³/mol. The van der Waals surface area contributed by atoms with Crippen LogP contribution in [0.5, 0.6) is 5.75 Å². The SMILES string of the molecule is COc1ccc(COC(=O)CCCC(=O)ON2C(=O)c3ccccc3C2=O)cc1. The second-order valence-corrected chi connectivity index (χ2v) is 6.28. The molecule has 8 nitrogen and oxygen atoms in total. The van der Waals surface area contributed by atoms with Gasteiger partial charge in [0.05, 0.1) is 18.2 Å². The molecule has 0 saturated heterocycles. The zero-order valence-electron chi connectivity index (χ0n) is 15.8. The number of ether oxygens (including phenoxy) is 2. The summed E-state index contributed by atoms with van der Waals surface area (Å²) < 4.78 is 10.2. The zero-order valence-corrected chi connectivity index (χ0v) is 15.8. The van der Waals surface area contributed by atoms with E-state index in [4.69, 9.17) is 14.3 Å². The third-order valence-corrected chi connectivity index (χ3v) is 4.27. The van der Waals surface area contributed by atoms with Gasteiger partial charge in [-0.2, -0.15) is 0 Å². The van der Waals surface area contributed by atoms with E-state index in [1.165, 1.54) is 12.1 Å². The monoisotopic (exact) mass is 397 g/mol. The van der Waals surface area contributed by atoms with Crippen LogP contribution < -0.4 is 4.74 Å². The fraction of sp³-hybridized carbons (Fsp3) is 0.238. The number of imide groups is 1. The van der Waals surface area contributed by atoms with Crippen LogP contribution in [0.25, 0.3) is 0 Å². The number of hydrogen-bond acceptors (Lipinski definition) is 7. The van der Waals surface area contributed by atoms with Crippen LogP contribution >= 0.6 is 0 Å². The highest BCUT2D eigenvalue weighted by atomic mass is 16.7. The largest absolute Gasteiger partial charge is 0.497 e. The van der Waals surface area contributed by atoms with Crippen molar-refractivity contribution < 1.29 is 33.5 Å². The predicted octanol–water partition coefficient (Wildman–Crippen LogP) is 2.66. The van der Waals surface area contributed by atoms with Gasteiger partial charge in [-0.3, -0.25) is 14.4 Å². The standard InChI is InChI=1S/C21H19NO7/c1-27-15-11-9-14(10-12-15)13-28-18(23)7-4-8-19(24)29-22-20(25)16-5-2-3-6-17(16)21(22)26/h2-3,5-6,9-12H,4,7-8,13H2,1H3. The maximum atomic E-state index is 12.1. The second-order valence-electron chi connectivity index (χ2n) is 6.28. The molecule has 1 aliphatic rings. The van der Waals surface area contributed by atoms with Crippen LogP contribution in [-0.4, -0.2) is 35.9 Å². The lowest BCUT2D eigenvalue weighted by Crippen LogP contribution is -2.32. The molecular weight excluding hydrogens is 378 g/mol. The molecule has 8 heteroatoms. The van der Waals surface area contributed by atoms with Gasteiger partial charge in [0.25, 0.3) is 11.8 Å². The summed E-state index contributed by atoms with van der Waals surface area (Å²) in [6, 6.07) is 13.3. The molecule has 0 radical (unpaired) electrons. The second kappa shape index (κ2) is 9.01. The Morgan fingerprint density at radius 1 is 0.862 bits per heavy atom. The minimum Gasteiger partial charge on any atom is -0.497 e. The molecule has 0 aromatic heterocycles. The Morgan fingerprint density at radius 3 is 2.03 bits per heavy atom. The molecular formula is C21H19NO7. The van der Waals surface area contributed by atoms with E-state index in [0.717, 1.165) is 5.56 Å². The summed E-state index contributed by atoms with van der Waals surface area (Å²) >= 11 is 0. The highest BCUT2D eigenvalue weighted by Crippen LogP contribution is 2.23. The Hall–Kier alpha value is -3.68.